The number of ether oxygens (including phenoxy) is 1. The molecule has 1 fully saturated rings. The van der Waals surface area contributed by atoms with Crippen LogP contribution >= 0.6 is 11.6 Å². The number of hydrogen-bond donors (Lipinski definition) is 2. The van der Waals surface area contributed by atoms with Crippen LogP contribution in [0.15, 0.2) is 23.8 Å². The molecular formula is C18H25ClN2O2. The molecule has 2 heterocycles. The number of hydrogen-bond acceptors (Lipinski definition) is 4. The van der Waals surface area contributed by atoms with Gasteiger partial charge in [-0.1, -0.05) is 11.6 Å². The summed E-state index contributed by atoms with van der Waals surface area (Å²) >= 11 is 6.03. The Morgan fingerprint density at radius 1 is 1.30 bits per heavy atom. The van der Waals surface area contributed by atoms with E-state index in [1.165, 1.54) is 5.57 Å². The lowest BCUT2D eigenvalue weighted by Gasteiger charge is -2.29. The van der Waals surface area contributed by atoms with Gasteiger partial charge in [0.05, 0.1) is 6.10 Å². The Balaban J connectivity index is 1.36. The number of nitrogens with zero attached hydrogens (tertiary/aromatic N) is 1. The molecule has 0 radical (unpaired) electrons. The van der Waals surface area contributed by atoms with Gasteiger partial charge in [0, 0.05) is 30.2 Å². The van der Waals surface area contributed by atoms with Crippen LogP contribution in [0.25, 0.3) is 6.08 Å². The van der Waals surface area contributed by atoms with Gasteiger partial charge in [0.15, 0.2) is 0 Å². The first-order valence-corrected chi connectivity index (χ1v) is 8.81. The summed E-state index contributed by atoms with van der Waals surface area (Å²) in [6, 6.07) is 5.73. The molecule has 2 aliphatic heterocycles. The van der Waals surface area contributed by atoms with E-state index >= 15 is 0 Å². The number of fused-ring (bicyclic) bond motifs is 1. The van der Waals surface area contributed by atoms with Crippen LogP contribution in [0, 0.1) is 0 Å². The molecule has 3 rings (SSSR count). The lowest BCUT2D eigenvalue weighted by molar-refractivity contribution is 0.0821. The van der Waals surface area contributed by atoms with Crippen LogP contribution in [0.5, 0.6) is 5.75 Å². The minimum atomic E-state index is -0.0843. The summed E-state index contributed by atoms with van der Waals surface area (Å²) in [6.45, 7) is 5.65. The standard InChI is InChI=1S/C18H25ClN2O2/c19-16-2-3-18-15(11-16)10-14(13-23-18)12-20-6-1-7-21-8-4-17(22)5-9-21/h2-3,10-11,17,20,22H,1,4-9,12-13H2. The predicted molar refractivity (Wildman–Crippen MR) is 94.1 cm³/mol. The van der Waals surface area contributed by atoms with Crippen LogP contribution in [0.2, 0.25) is 5.02 Å². The maximum absolute atomic E-state index is 9.50. The monoisotopic (exact) mass is 336 g/mol. The topological polar surface area (TPSA) is 44.7 Å². The number of nitrogens with one attached hydrogen (secondary N) is 1. The highest BCUT2D eigenvalue weighted by Crippen LogP contribution is 2.28. The molecule has 4 nitrogen and oxygen atoms in total. The maximum Gasteiger partial charge on any atom is 0.127 e. The van der Waals surface area contributed by atoms with E-state index in [9.17, 15) is 5.11 Å². The fraction of sp³-hybridized carbons (Fsp3) is 0.556. The van der Waals surface area contributed by atoms with Crippen molar-refractivity contribution >= 4 is 17.7 Å². The summed E-state index contributed by atoms with van der Waals surface area (Å²) in [5, 5.41) is 13.7. The zero-order valence-corrected chi connectivity index (χ0v) is 14.2. The molecule has 5 heteroatoms. The first-order valence-electron chi connectivity index (χ1n) is 8.43. The molecule has 0 saturated carbocycles. The van der Waals surface area contributed by atoms with Crippen molar-refractivity contribution in [2.45, 2.75) is 25.4 Å². The number of benzene rings is 1. The quantitative estimate of drug-likeness (QED) is 0.784. The molecule has 0 aliphatic carbocycles. The van der Waals surface area contributed by atoms with Crippen LogP contribution in [-0.2, 0) is 0 Å². The van der Waals surface area contributed by atoms with E-state index in [0.717, 1.165) is 68.3 Å². The van der Waals surface area contributed by atoms with Gasteiger partial charge < -0.3 is 20.1 Å². The average Bonchev–Trinajstić information content (AvgIpc) is 2.56. The Bertz CT molecular complexity index is 554. The normalized spacial score (nSPS) is 19.1. The summed E-state index contributed by atoms with van der Waals surface area (Å²) in [6.07, 6.45) is 5.05. The smallest absolute Gasteiger partial charge is 0.127 e. The minimum Gasteiger partial charge on any atom is -0.489 e. The molecule has 0 bridgehead atoms. The molecule has 2 aliphatic rings. The van der Waals surface area contributed by atoms with E-state index in [4.69, 9.17) is 16.3 Å². The van der Waals surface area contributed by atoms with Crippen LogP contribution < -0.4 is 10.1 Å². The molecule has 0 amide bonds. The Labute approximate surface area is 143 Å². The fourth-order valence-corrected chi connectivity index (χ4v) is 3.30. The van der Waals surface area contributed by atoms with Gasteiger partial charge in [-0.3, -0.25) is 0 Å². The highest BCUT2D eigenvalue weighted by Gasteiger charge is 2.16. The highest BCUT2D eigenvalue weighted by atomic mass is 35.5. The second-order valence-electron chi connectivity index (χ2n) is 6.38. The average molecular weight is 337 g/mol. The van der Waals surface area contributed by atoms with Gasteiger partial charge in [0.2, 0.25) is 0 Å². The van der Waals surface area contributed by atoms with E-state index in [2.05, 4.69) is 16.3 Å². The molecule has 2 N–H and O–H groups in total. The summed E-state index contributed by atoms with van der Waals surface area (Å²) in [7, 11) is 0. The van der Waals surface area contributed by atoms with Crippen molar-refractivity contribution in [3.8, 4) is 5.75 Å². The van der Waals surface area contributed by atoms with Crippen LogP contribution in [0.1, 0.15) is 24.8 Å². The first kappa shape index (κ1) is 16.8. The van der Waals surface area contributed by atoms with Crippen molar-refractivity contribution in [2.24, 2.45) is 0 Å². The van der Waals surface area contributed by atoms with Crippen molar-refractivity contribution in [1.29, 1.82) is 0 Å². The number of halogens is 1. The highest BCUT2D eigenvalue weighted by molar-refractivity contribution is 6.30. The molecule has 0 unspecified atom stereocenters. The summed E-state index contributed by atoms with van der Waals surface area (Å²) in [5.74, 6) is 0.908. The second kappa shape index (κ2) is 8.15. The number of likely N-dealkylation sites (tertiary alicyclic amines) is 1. The molecule has 0 aromatic heterocycles. The molecule has 0 spiro atoms. The van der Waals surface area contributed by atoms with E-state index in [1.807, 2.05) is 18.2 Å². The van der Waals surface area contributed by atoms with Crippen LogP contribution in [0.4, 0.5) is 0 Å². The van der Waals surface area contributed by atoms with Crippen molar-refractivity contribution < 1.29 is 9.84 Å². The zero-order valence-electron chi connectivity index (χ0n) is 13.4. The second-order valence-corrected chi connectivity index (χ2v) is 6.81. The third-order valence-corrected chi connectivity index (χ3v) is 4.72. The predicted octanol–water partition coefficient (Wildman–Crippen LogP) is 2.55. The van der Waals surface area contributed by atoms with Gasteiger partial charge in [-0.05, 0) is 62.2 Å². The van der Waals surface area contributed by atoms with Gasteiger partial charge >= 0.3 is 0 Å². The Hall–Kier alpha value is -1.07. The summed E-state index contributed by atoms with van der Waals surface area (Å²) < 4.78 is 5.75. The molecule has 126 valence electrons. The van der Waals surface area contributed by atoms with Gasteiger partial charge in [-0.15, -0.1) is 0 Å². The third-order valence-electron chi connectivity index (χ3n) is 4.48. The summed E-state index contributed by atoms with van der Waals surface area (Å²) in [5.41, 5.74) is 2.31. The number of aliphatic hydroxyl groups is 1. The van der Waals surface area contributed by atoms with E-state index in [1.54, 1.807) is 0 Å². The van der Waals surface area contributed by atoms with Crippen molar-refractivity contribution in [3.05, 3.63) is 34.4 Å². The van der Waals surface area contributed by atoms with Gasteiger partial charge in [-0.25, -0.2) is 0 Å². The molecule has 1 saturated heterocycles. The van der Waals surface area contributed by atoms with Gasteiger partial charge in [0.1, 0.15) is 12.4 Å². The minimum absolute atomic E-state index is 0.0843. The van der Waals surface area contributed by atoms with E-state index < -0.39 is 0 Å². The maximum atomic E-state index is 9.50. The fourth-order valence-electron chi connectivity index (χ4n) is 3.12. The molecular weight excluding hydrogens is 312 g/mol. The van der Waals surface area contributed by atoms with Crippen molar-refractivity contribution in [3.63, 3.8) is 0 Å². The lowest BCUT2D eigenvalue weighted by Crippen LogP contribution is -2.37. The molecule has 1 aromatic rings. The van der Waals surface area contributed by atoms with Gasteiger partial charge in [0.25, 0.3) is 0 Å². The zero-order chi connectivity index (χ0) is 16.1. The lowest BCUT2D eigenvalue weighted by atomic mass is 10.1. The molecule has 1 aromatic carbocycles. The van der Waals surface area contributed by atoms with Crippen molar-refractivity contribution in [1.82, 2.24) is 10.2 Å². The SMILES string of the molecule is OC1CCN(CCCNCC2=Cc3cc(Cl)ccc3OC2)CC1. The van der Waals surface area contributed by atoms with Crippen LogP contribution in [0.3, 0.4) is 0 Å². The molecule has 23 heavy (non-hydrogen) atoms. The first-order chi connectivity index (χ1) is 11.2. The number of rotatable bonds is 6. The summed E-state index contributed by atoms with van der Waals surface area (Å²) in [4.78, 5) is 2.44. The Kier molecular flexibility index (Phi) is 5.95. The number of aliphatic hydroxyl groups excluding tert-OH is 1. The van der Waals surface area contributed by atoms with Crippen molar-refractivity contribution in [2.75, 3.05) is 39.3 Å². The van der Waals surface area contributed by atoms with E-state index in [-0.39, 0.29) is 6.10 Å². The number of piperidine rings is 1. The van der Waals surface area contributed by atoms with Gasteiger partial charge in [-0.2, -0.15) is 0 Å². The third kappa shape index (κ3) is 4.95. The van der Waals surface area contributed by atoms with Crippen LogP contribution in [-0.4, -0.2) is 55.4 Å². The van der Waals surface area contributed by atoms with E-state index in [0.29, 0.717) is 6.61 Å². The Morgan fingerprint density at radius 2 is 2.13 bits per heavy atom. The Morgan fingerprint density at radius 3 is 2.96 bits per heavy atom. The molecule has 0 atom stereocenters. The largest absolute Gasteiger partial charge is 0.489 e.